The highest BCUT2D eigenvalue weighted by molar-refractivity contribution is 7.71. The van der Waals surface area contributed by atoms with Gasteiger partial charge in [0.25, 0.3) is 0 Å². The van der Waals surface area contributed by atoms with E-state index in [1.165, 1.54) is 19.4 Å². The maximum Gasteiger partial charge on any atom is 0.199 e. The fourth-order valence-electron chi connectivity index (χ4n) is 3.45. The van der Waals surface area contributed by atoms with E-state index in [0.29, 0.717) is 6.04 Å². The van der Waals surface area contributed by atoms with Crippen LogP contribution >= 0.6 is 12.2 Å². The summed E-state index contributed by atoms with van der Waals surface area (Å²) in [6.45, 7) is 12.6. The molecule has 0 aromatic carbocycles. The molecule has 130 valence electrons. The molecule has 0 aliphatic carbocycles. The van der Waals surface area contributed by atoms with Gasteiger partial charge >= 0.3 is 0 Å². The number of nitrogens with zero attached hydrogens (tertiary/aromatic N) is 5. The van der Waals surface area contributed by atoms with Crippen LogP contribution in [0.3, 0.4) is 0 Å². The minimum atomic E-state index is 0.371. The summed E-state index contributed by atoms with van der Waals surface area (Å²) in [6, 6.07) is 0.371. The number of aromatic nitrogens is 3. The summed E-state index contributed by atoms with van der Waals surface area (Å²) in [4.78, 5) is 5.04. The molecule has 0 unspecified atom stereocenters. The molecular formula is C16H29N5OS. The molecule has 2 aliphatic rings. The maximum atomic E-state index is 5.52. The molecule has 0 spiro atoms. The topological polar surface area (TPSA) is 38.5 Å². The van der Waals surface area contributed by atoms with Gasteiger partial charge in [-0.25, -0.2) is 4.68 Å². The van der Waals surface area contributed by atoms with Crippen molar-refractivity contribution in [1.82, 2.24) is 24.1 Å². The minimum Gasteiger partial charge on any atom is -0.379 e. The fourth-order valence-corrected chi connectivity index (χ4v) is 3.81. The van der Waals surface area contributed by atoms with Crippen LogP contribution in [0.15, 0.2) is 6.33 Å². The summed E-state index contributed by atoms with van der Waals surface area (Å²) in [6.07, 6.45) is 4.41. The van der Waals surface area contributed by atoms with Gasteiger partial charge in [0.1, 0.15) is 6.33 Å². The summed E-state index contributed by atoms with van der Waals surface area (Å²) < 4.78 is 10.3. The predicted octanol–water partition coefficient (Wildman–Crippen LogP) is 2.00. The number of ether oxygens (including phenoxy) is 1. The van der Waals surface area contributed by atoms with Crippen molar-refractivity contribution >= 4 is 12.2 Å². The van der Waals surface area contributed by atoms with Gasteiger partial charge in [0, 0.05) is 38.8 Å². The predicted molar refractivity (Wildman–Crippen MR) is 93.0 cm³/mol. The van der Waals surface area contributed by atoms with E-state index in [-0.39, 0.29) is 0 Å². The Hall–Kier alpha value is -0.760. The standard InChI is InChI=1S/C16H29N5OS/c1-14(2)20-12-17-21(16(20)23)13-19-5-3-15(4-6-19)11-18-7-9-22-10-8-18/h12,14-15H,3-11,13H2,1-2H3. The Morgan fingerprint density at radius 2 is 1.87 bits per heavy atom. The Balaban J connectivity index is 1.46. The van der Waals surface area contributed by atoms with E-state index in [1.54, 1.807) is 0 Å². The third-order valence-electron chi connectivity index (χ3n) is 4.97. The van der Waals surface area contributed by atoms with Crippen molar-refractivity contribution in [2.45, 2.75) is 39.4 Å². The minimum absolute atomic E-state index is 0.371. The molecule has 1 aromatic heterocycles. The lowest BCUT2D eigenvalue weighted by Crippen LogP contribution is -2.43. The number of hydrogen-bond donors (Lipinski definition) is 0. The highest BCUT2D eigenvalue weighted by Crippen LogP contribution is 2.19. The van der Waals surface area contributed by atoms with Gasteiger partial charge in [-0.15, -0.1) is 0 Å². The molecule has 2 aliphatic heterocycles. The molecule has 0 atom stereocenters. The average Bonchev–Trinajstić information content (AvgIpc) is 2.91. The van der Waals surface area contributed by atoms with Gasteiger partial charge in [0.05, 0.1) is 19.9 Å². The molecular weight excluding hydrogens is 310 g/mol. The van der Waals surface area contributed by atoms with Crippen molar-refractivity contribution in [3.63, 3.8) is 0 Å². The smallest absolute Gasteiger partial charge is 0.199 e. The number of hydrogen-bond acceptors (Lipinski definition) is 5. The Kier molecular flexibility index (Phi) is 5.85. The molecule has 0 N–H and O–H groups in total. The van der Waals surface area contributed by atoms with Gasteiger partial charge in [0.2, 0.25) is 0 Å². The molecule has 2 fully saturated rings. The molecule has 23 heavy (non-hydrogen) atoms. The number of morpholine rings is 1. The molecule has 6 nitrogen and oxygen atoms in total. The molecule has 0 bridgehead atoms. The summed E-state index contributed by atoms with van der Waals surface area (Å²) in [5.41, 5.74) is 0. The average molecular weight is 340 g/mol. The summed E-state index contributed by atoms with van der Waals surface area (Å²) in [5.74, 6) is 0.825. The first kappa shape index (κ1) is 17.1. The van der Waals surface area contributed by atoms with Crippen LogP contribution in [-0.4, -0.2) is 70.1 Å². The first-order chi connectivity index (χ1) is 11.1. The quantitative estimate of drug-likeness (QED) is 0.767. The van der Waals surface area contributed by atoms with E-state index >= 15 is 0 Å². The van der Waals surface area contributed by atoms with E-state index < -0.39 is 0 Å². The SMILES string of the molecule is CC(C)n1cnn(CN2CCC(CN3CCOCC3)CC2)c1=S. The summed E-state index contributed by atoms with van der Waals surface area (Å²) in [7, 11) is 0. The van der Waals surface area contributed by atoms with E-state index in [0.717, 1.165) is 56.8 Å². The first-order valence-corrected chi connectivity index (χ1v) is 9.20. The van der Waals surface area contributed by atoms with Crippen LogP contribution in [0.25, 0.3) is 0 Å². The van der Waals surface area contributed by atoms with Crippen molar-refractivity contribution in [1.29, 1.82) is 0 Å². The van der Waals surface area contributed by atoms with Crippen LogP contribution in [0.5, 0.6) is 0 Å². The Morgan fingerprint density at radius 1 is 1.17 bits per heavy atom. The molecule has 0 saturated carbocycles. The lowest BCUT2D eigenvalue weighted by molar-refractivity contribution is 0.0228. The van der Waals surface area contributed by atoms with Crippen LogP contribution in [-0.2, 0) is 11.4 Å². The zero-order chi connectivity index (χ0) is 16.2. The van der Waals surface area contributed by atoms with Crippen molar-refractivity contribution in [2.24, 2.45) is 5.92 Å². The summed E-state index contributed by atoms with van der Waals surface area (Å²) in [5, 5.41) is 4.46. The van der Waals surface area contributed by atoms with Crippen molar-refractivity contribution in [3.05, 3.63) is 11.1 Å². The van der Waals surface area contributed by atoms with E-state index in [1.807, 2.05) is 11.0 Å². The van der Waals surface area contributed by atoms with Gasteiger partial charge in [-0.05, 0) is 44.8 Å². The first-order valence-electron chi connectivity index (χ1n) is 8.80. The number of piperidine rings is 1. The summed E-state index contributed by atoms with van der Waals surface area (Å²) >= 11 is 5.52. The van der Waals surface area contributed by atoms with Gasteiger partial charge in [0.15, 0.2) is 4.77 Å². The number of likely N-dealkylation sites (tertiary alicyclic amines) is 1. The molecule has 2 saturated heterocycles. The van der Waals surface area contributed by atoms with Gasteiger partial charge in [-0.2, -0.15) is 5.10 Å². The van der Waals surface area contributed by atoms with E-state index in [4.69, 9.17) is 17.0 Å². The molecule has 3 heterocycles. The normalized spacial score (nSPS) is 22.0. The van der Waals surface area contributed by atoms with Gasteiger partial charge < -0.3 is 9.30 Å². The second kappa shape index (κ2) is 7.88. The van der Waals surface area contributed by atoms with Crippen LogP contribution in [0, 0.1) is 10.7 Å². The van der Waals surface area contributed by atoms with Crippen LogP contribution in [0.4, 0.5) is 0 Å². The van der Waals surface area contributed by atoms with Crippen molar-refractivity contribution in [2.75, 3.05) is 45.9 Å². The zero-order valence-electron chi connectivity index (χ0n) is 14.4. The van der Waals surface area contributed by atoms with Crippen molar-refractivity contribution in [3.8, 4) is 0 Å². The monoisotopic (exact) mass is 339 g/mol. The van der Waals surface area contributed by atoms with Gasteiger partial charge in [-0.3, -0.25) is 9.80 Å². The lowest BCUT2D eigenvalue weighted by atomic mass is 9.96. The molecule has 3 rings (SSSR count). The Labute approximate surface area is 144 Å². The zero-order valence-corrected chi connectivity index (χ0v) is 15.2. The van der Waals surface area contributed by atoms with Crippen LogP contribution < -0.4 is 0 Å². The largest absolute Gasteiger partial charge is 0.379 e. The van der Waals surface area contributed by atoms with Crippen molar-refractivity contribution < 1.29 is 4.74 Å². The molecule has 1 aromatic rings. The molecule has 0 radical (unpaired) electrons. The third kappa shape index (κ3) is 4.41. The van der Waals surface area contributed by atoms with E-state index in [9.17, 15) is 0 Å². The Morgan fingerprint density at radius 3 is 2.48 bits per heavy atom. The fraction of sp³-hybridized carbons (Fsp3) is 0.875. The second-order valence-corrected chi connectivity index (χ2v) is 7.40. The number of rotatable bonds is 5. The van der Waals surface area contributed by atoms with Crippen LogP contribution in [0.1, 0.15) is 32.7 Å². The highest BCUT2D eigenvalue weighted by Gasteiger charge is 2.23. The van der Waals surface area contributed by atoms with Crippen LogP contribution in [0.2, 0.25) is 0 Å². The third-order valence-corrected chi connectivity index (χ3v) is 5.40. The van der Waals surface area contributed by atoms with E-state index in [2.05, 4.69) is 33.3 Å². The lowest BCUT2D eigenvalue weighted by Gasteiger charge is -2.35. The van der Waals surface area contributed by atoms with Gasteiger partial charge in [-0.1, -0.05) is 0 Å². The molecule has 0 amide bonds. The highest BCUT2D eigenvalue weighted by atomic mass is 32.1. The second-order valence-electron chi connectivity index (χ2n) is 7.03. The Bertz CT molecular complexity index is 541. The molecule has 7 heteroatoms. The maximum absolute atomic E-state index is 5.52.